The van der Waals surface area contributed by atoms with Crippen LogP contribution < -0.4 is 5.32 Å². The molecule has 22 heavy (non-hydrogen) atoms. The van der Waals surface area contributed by atoms with E-state index in [0.717, 1.165) is 35.1 Å². The third-order valence-electron chi connectivity index (χ3n) is 3.64. The van der Waals surface area contributed by atoms with Gasteiger partial charge >= 0.3 is 0 Å². The van der Waals surface area contributed by atoms with Gasteiger partial charge in [0.25, 0.3) is 0 Å². The van der Waals surface area contributed by atoms with Gasteiger partial charge in [0, 0.05) is 42.6 Å². The Morgan fingerprint density at radius 2 is 2.14 bits per heavy atom. The Bertz CT molecular complexity index is 681. The SMILES string of the molecule is CCn1cc(CN(C)C(=S)Nc2cccc(Cl)c2C)c(C)n1. The average Bonchev–Trinajstić information content (AvgIpc) is 2.84. The smallest absolute Gasteiger partial charge is 0.173 e. The minimum absolute atomic E-state index is 0.661. The van der Waals surface area contributed by atoms with Crippen molar-refractivity contribution in [2.75, 3.05) is 12.4 Å². The maximum atomic E-state index is 6.14. The lowest BCUT2D eigenvalue weighted by Gasteiger charge is -2.21. The van der Waals surface area contributed by atoms with Crippen LogP contribution in [0.1, 0.15) is 23.7 Å². The maximum absolute atomic E-state index is 6.14. The molecule has 0 aliphatic rings. The van der Waals surface area contributed by atoms with Gasteiger partial charge in [-0.1, -0.05) is 17.7 Å². The lowest BCUT2D eigenvalue weighted by atomic mass is 10.2. The van der Waals surface area contributed by atoms with Crippen molar-refractivity contribution in [3.63, 3.8) is 0 Å². The predicted octanol–water partition coefficient (Wildman–Crippen LogP) is 4.00. The molecule has 0 bridgehead atoms. The molecule has 1 heterocycles. The van der Waals surface area contributed by atoms with E-state index in [2.05, 4.69) is 23.5 Å². The van der Waals surface area contributed by atoms with Gasteiger partial charge in [0.15, 0.2) is 5.11 Å². The Morgan fingerprint density at radius 1 is 1.41 bits per heavy atom. The molecule has 4 nitrogen and oxygen atoms in total. The second-order valence-electron chi connectivity index (χ2n) is 5.29. The van der Waals surface area contributed by atoms with Gasteiger partial charge in [0.2, 0.25) is 0 Å². The number of anilines is 1. The van der Waals surface area contributed by atoms with Crippen molar-refractivity contribution in [1.29, 1.82) is 0 Å². The van der Waals surface area contributed by atoms with E-state index in [9.17, 15) is 0 Å². The first-order chi connectivity index (χ1) is 10.4. The molecular weight excluding hydrogens is 316 g/mol. The molecule has 2 rings (SSSR count). The number of rotatable bonds is 4. The number of aromatic nitrogens is 2. The highest BCUT2D eigenvalue weighted by atomic mass is 35.5. The standard InChI is InChI=1S/C16H21ClN4S/c1-5-21-10-13(12(3)19-21)9-20(4)16(22)18-15-8-6-7-14(17)11(15)2/h6-8,10H,5,9H2,1-4H3,(H,18,22). The van der Waals surface area contributed by atoms with Crippen LogP contribution >= 0.6 is 23.8 Å². The molecule has 0 aliphatic carbocycles. The van der Waals surface area contributed by atoms with Crippen LogP contribution in [0, 0.1) is 13.8 Å². The summed E-state index contributed by atoms with van der Waals surface area (Å²) in [6, 6.07) is 5.76. The molecule has 0 saturated carbocycles. The second-order valence-corrected chi connectivity index (χ2v) is 6.09. The van der Waals surface area contributed by atoms with Gasteiger partial charge in [0.05, 0.1) is 5.69 Å². The van der Waals surface area contributed by atoms with E-state index in [4.69, 9.17) is 23.8 Å². The number of hydrogen-bond acceptors (Lipinski definition) is 2. The van der Waals surface area contributed by atoms with Crippen LogP contribution in [0.5, 0.6) is 0 Å². The third-order valence-corrected chi connectivity index (χ3v) is 4.46. The van der Waals surface area contributed by atoms with E-state index >= 15 is 0 Å². The first kappa shape index (κ1) is 16.8. The van der Waals surface area contributed by atoms with Crippen LogP contribution in [0.15, 0.2) is 24.4 Å². The summed E-state index contributed by atoms with van der Waals surface area (Å²) in [6.07, 6.45) is 2.07. The average molecular weight is 337 g/mol. The molecule has 0 spiro atoms. The van der Waals surface area contributed by atoms with Crippen molar-refractivity contribution in [3.8, 4) is 0 Å². The Labute approximate surface area is 142 Å². The topological polar surface area (TPSA) is 33.1 Å². The number of hydrogen-bond donors (Lipinski definition) is 1. The zero-order chi connectivity index (χ0) is 16.3. The van der Waals surface area contributed by atoms with E-state index < -0.39 is 0 Å². The van der Waals surface area contributed by atoms with Crippen molar-refractivity contribution in [3.05, 3.63) is 46.2 Å². The molecule has 6 heteroatoms. The van der Waals surface area contributed by atoms with E-state index in [-0.39, 0.29) is 0 Å². The van der Waals surface area contributed by atoms with Gasteiger partial charge in [-0.15, -0.1) is 0 Å². The zero-order valence-electron chi connectivity index (χ0n) is 13.4. The normalized spacial score (nSPS) is 10.6. The molecule has 0 atom stereocenters. The number of nitrogens with zero attached hydrogens (tertiary/aromatic N) is 3. The maximum Gasteiger partial charge on any atom is 0.173 e. The number of thiocarbonyl (C=S) groups is 1. The summed E-state index contributed by atoms with van der Waals surface area (Å²) in [6.45, 7) is 7.66. The highest BCUT2D eigenvalue weighted by Crippen LogP contribution is 2.23. The Morgan fingerprint density at radius 3 is 2.77 bits per heavy atom. The van der Waals surface area contributed by atoms with Gasteiger partial charge in [0.1, 0.15) is 0 Å². The zero-order valence-corrected chi connectivity index (χ0v) is 14.9. The van der Waals surface area contributed by atoms with Crippen LogP contribution in [0.25, 0.3) is 0 Å². The number of benzene rings is 1. The van der Waals surface area contributed by atoms with Gasteiger partial charge in [-0.2, -0.15) is 5.10 Å². The molecule has 0 unspecified atom stereocenters. The van der Waals surface area contributed by atoms with E-state index in [0.29, 0.717) is 5.11 Å². The molecule has 0 amide bonds. The van der Waals surface area contributed by atoms with Crippen molar-refractivity contribution in [2.45, 2.75) is 33.9 Å². The van der Waals surface area contributed by atoms with Crippen molar-refractivity contribution in [1.82, 2.24) is 14.7 Å². The minimum atomic E-state index is 0.661. The monoisotopic (exact) mass is 336 g/mol. The summed E-state index contributed by atoms with van der Waals surface area (Å²) < 4.78 is 1.94. The van der Waals surface area contributed by atoms with Crippen LogP contribution in [-0.2, 0) is 13.1 Å². The number of nitrogens with one attached hydrogen (secondary N) is 1. The third kappa shape index (κ3) is 3.78. The van der Waals surface area contributed by atoms with Gasteiger partial charge < -0.3 is 10.2 Å². The highest BCUT2D eigenvalue weighted by molar-refractivity contribution is 7.80. The lowest BCUT2D eigenvalue weighted by Crippen LogP contribution is -2.30. The molecule has 0 radical (unpaired) electrons. The van der Waals surface area contributed by atoms with E-state index in [1.54, 1.807) is 0 Å². The molecule has 2 aromatic rings. The predicted molar refractivity (Wildman–Crippen MR) is 96.5 cm³/mol. The van der Waals surface area contributed by atoms with Gasteiger partial charge in [-0.3, -0.25) is 4.68 Å². The molecular formula is C16H21ClN4S. The quantitative estimate of drug-likeness (QED) is 0.855. The largest absolute Gasteiger partial charge is 0.348 e. The molecule has 1 N–H and O–H groups in total. The van der Waals surface area contributed by atoms with Gasteiger partial charge in [-0.05, 0) is 50.7 Å². The van der Waals surface area contributed by atoms with Crippen molar-refractivity contribution in [2.24, 2.45) is 0 Å². The molecule has 1 aromatic carbocycles. The van der Waals surface area contributed by atoms with Crippen LogP contribution in [-0.4, -0.2) is 26.8 Å². The molecule has 1 aromatic heterocycles. The molecule has 0 aliphatic heterocycles. The van der Waals surface area contributed by atoms with Crippen molar-refractivity contribution >= 4 is 34.6 Å². The fourth-order valence-electron chi connectivity index (χ4n) is 2.16. The molecule has 0 saturated heterocycles. The number of halogens is 1. The molecule has 118 valence electrons. The Hall–Kier alpha value is -1.59. The second kappa shape index (κ2) is 7.11. The number of aryl methyl sites for hydroxylation is 2. The highest BCUT2D eigenvalue weighted by Gasteiger charge is 2.11. The first-order valence-corrected chi connectivity index (χ1v) is 8.01. The minimum Gasteiger partial charge on any atom is -0.348 e. The summed E-state index contributed by atoms with van der Waals surface area (Å²) >= 11 is 11.6. The molecule has 0 fully saturated rings. The van der Waals surface area contributed by atoms with E-state index in [1.165, 1.54) is 5.56 Å². The Balaban J connectivity index is 2.06. The van der Waals surface area contributed by atoms with Gasteiger partial charge in [-0.25, -0.2) is 0 Å². The van der Waals surface area contributed by atoms with Crippen molar-refractivity contribution < 1.29 is 0 Å². The van der Waals surface area contributed by atoms with Crippen LogP contribution in [0.4, 0.5) is 5.69 Å². The summed E-state index contributed by atoms with van der Waals surface area (Å²) in [5, 5.41) is 9.11. The lowest BCUT2D eigenvalue weighted by molar-refractivity contribution is 0.506. The van der Waals surface area contributed by atoms with E-state index in [1.807, 2.05) is 48.7 Å². The first-order valence-electron chi connectivity index (χ1n) is 7.22. The van der Waals surface area contributed by atoms with Crippen LogP contribution in [0.3, 0.4) is 0 Å². The summed E-state index contributed by atoms with van der Waals surface area (Å²) in [4.78, 5) is 2.00. The Kier molecular flexibility index (Phi) is 5.42. The fraction of sp³-hybridized carbons (Fsp3) is 0.375. The summed E-state index contributed by atoms with van der Waals surface area (Å²) in [7, 11) is 1.97. The fourth-order valence-corrected chi connectivity index (χ4v) is 2.51. The van der Waals surface area contributed by atoms with Crippen LogP contribution in [0.2, 0.25) is 5.02 Å². The summed E-state index contributed by atoms with van der Waals surface area (Å²) in [5.41, 5.74) is 4.15. The summed E-state index contributed by atoms with van der Waals surface area (Å²) in [5.74, 6) is 0.